The molecule has 0 aliphatic rings. The molecule has 2 atom stereocenters. The number of sulfone groups is 1. The van der Waals surface area contributed by atoms with E-state index in [-0.39, 0.29) is 5.56 Å². The predicted octanol–water partition coefficient (Wildman–Crippen LogP) is 2.48. The number of aromatic nitrogens is 1. The molecule has 28 heavy (non-hydrogen) atoms. The minimum Gasteiger partial charge on any atom is -0.480 e. The van der Waals surface area contributed by atoms with Crippen LogP contribution in [0.1, 0.15) is 17.2 Å². The summed E-state index contributed by atoms with van der Waals surface area (Å²) in [5.74, 6) is -4.16. The van der Waals surface area contributed by atoms with Gasteiger partial charge in [0.1, 0.15) is 17.9 Å². The van der Waals surface area contributed by atoms with Gasteiger partial charge in [-0.1, -0.05) is 18.2 Å². The molecule has 0 radical (unpaired) electrons. The minimum absolute atomic E-state index is 0.276. The Bertz CT molecular complexity index is 903. The van der Waals surface area contributed by atoms with Crippen molar-refractivity contribution in [2.75, 3.05) is 5.75 Å². The molecule has 0 bridgehead atoms. The van der Waals surface area contributed by atoms with E-state index in [1.54, 1.807) is 0 Å². The van der Waals surface area contributed by atoms with Gasteiger partial charge in [-0.25, -0.2) is 12.8 Å². The molecule has 0 unspecified atom stereocenters. The van der Waals surface area contributed by atoms with Crippen molar-refractivity contribution >= 4 is 15.8 Å². The Morgan fingerprint density at radius 3 is 2.32 bits per heavy atom. The topological polar surface area (TPSA) is 96.4 Å². The van der Waals surface area contributed by atoms with Gasteiger partial charge in [-0.05, 0) is 29.3 Å². The van der Waals surface area contributed by atoms with E-state index in [1.165, 1.54) is 24.5 Å². The summed E-state index contributed by atoms with van der Waals surface area (Å²) in [6.07, 6.45) is -2.26. The van der Waals surface area contributed by atoms with Crippen LogP contribution in [-0.4, -0.2) is 42.4 Å². The van der Waals surface area contributed by atoms with Crippen LogP contribution in [0.3, 0.4) is 0 Å². The second-order valence-electron chi connectivity index (χ2n) is 6.00. The minimum atomic E-state index is -4.93. The molecule has 152 valence electrons. The van der Waals surface area contributed by atoms with E-state index in [9.17, 15) is 35.9 Å². The molecule has 0 fully saturated rings. The van der Waals surface area contributed by atoms with Crippen LogP contribution in [0.2, 0.25) is 0 Å². The number of carboxylic acid groups (broad SMARTS) is 1. The van der Waals surface area contributed by atoms with Crippen molar-refractivity contribution in [3.63, 3.8) is 0 Å². The van der Waals surface area contributed by atoms with Gasteiger partial charge in [-0.15, -0.1) is 0 Å². The lowest BCUT2D eigenvalue weighted by Gasteiger charge is -2.26. The number of nitrogens with one attached hydrogen (secondary N) is 1. The van der Waals surface area contributed by atoms with Crippen molar-refractivity contribution in [2.45, 2.75) is 24.0 Å². The average molecular weight is 420 g/mol. The normalized spacial score (nSPS) is 14.4. The first kappa shape index (κ1) is 21.8. The van der Waals surface area contributed by atoms with Crippen molar-refractivity contribution in [3.8, 4) is 0 Å². The molecule has 11 heteroatoms. The fourth-order valence-electron chi connectivity index (χ4n) is 2.48. The summed E-state index contributed by atoms with van der Waals surface area (Å²) in [4.78, 5) is 15.1. The van der Waals surface area contributed by atoms with Crippen LogP contribution < -0.4 is 5.32 Å². The molecule has 1 aromatic heterocycles. The molecule has 1 aromatic carbocycles. The standard InChI is InChI=1S/C17H16F4N2O4S/c18-13-5-3-12(4-6-13)15(17(19,20)21)23-14(16(24)25)10-28(26,27)9-11-2-1-7-22-8-11/h1-8,14-15,23H,9-10H2,(H,24,25)/t14-,15-/m0/s1. The molecule has 0 saturated heterocycles. The molecular formula is C17H16F4N2O4S. The maximum atomic E-state index is 13.4. The first-order valence-corrected chi connectivity index (χ1v) is 9.70. The van der Waals surface area contributed by atoms with Crippen LogP contribution in [-0.2, 0) is 20.4 Å². The van der Waals surface area contributed by atoms with E-state index in [1.807, 2.05) is 5.32 Å². The third-order valence-electron chi connectivity index (χ3n) is 3.73. The van der Waals surface area contributed by atoms with Crippen LogP contribution in [0.25, 0.3) is 0 Å². The van der Waals surface area contributed by atoms with Gasteiger partial charge in [0.2, 0.25) is 0 Å². The SMILES string of the molecule is O=C(O)[C@H](CS(=O)(=O)Cc1cccnc1)N[C@@H](c1ccc(F)cc1)C(F)(F)F. The molecule has 0 aliphatic carbocycles. The summed E-state index contributed by atoms with van der Waals surface area (Å²) in [6.45, 7) is 0. The number of rotatable bonds is 8. The molecule has 1 heterocycles. The first-order valence-electron chi connectivity index (χ1n) is 7.88. The van der Waals surface area contributed by atoms with Gasteiger partial charge in [0, 0.05) is 12.4 Å². The maximum Gasteiger partial charge on any atom is 0.407 e. The van der Waals surface area contributed by atoms with Gasteiger partial charge in [0.15, 0.2) is 9.84 Å². The molecular weight excluding hydrogens is 404 g/mol. The number of hydrogen-bond donors (Lipinski definition) is 2. The van der Waals surface area contributed by atoms with Gasteiger partial charge in [0.05, 0.1) is 11.5 Å². The summed E-state index contributed by atoms with van der Waals surface area (Å²) >= 11 is 0. The van der Waals surface area contributed by atoms with Crippen molar-refractivity contribution in [1.82, 2.24) is 10.3 Å². The number of aliphatic carboxylic acids is 1. The van der Waals surface area contributed by atoms with Gasteiger partial charge in [0.25, 0.3) is 0 Å². The van der Waals surface area contributed by atoms with Crippen molar-refractivity contribution < 1.29 is 35.9 Å². The van der Waals surface area contributed by atoms with Crippen molar-refractivity contribution in [2.24, 2.45) is 0 Å². The third kappa shape index (κ3) is 6.27. The number of carboxylic acids is 1. The molecule has 0 aliphatic heterocycles. The van der Waals surface area contributed by atoms with Gasteiger partial charge in [-0.3, -0.25) is 15.1 Å². The second kappa shape index (κ2) is 8.65. The van der Waals surface area contributed by atoms with Crippen LogP contribution >= 0.6 is 0 Å². The molecule has 2 aromatic rings. The number of nitrogens with zero attached hydrogens (tertiary/aromatic N) is 1. The lowest BCUT2D eigenvalue weighted by atomic mass is 10.1. The Balaban J connectivity index is 2.23. The Hall–Kier alpha value is -2.53. The van der Waals surface area contributed by atoms with Gasteiger partial charge < -0.3 is 5.11 Å². The second-order valence-corrected chi connectivity index (χ2v) is 8.11. The molecule has 2 rings (SSSR count). The van der Waals surface area contributed by atoms with E-state index in [0.717, 1.165) is 24.3 Å². The average Bonchev–Trinajstić information content (AvgIpc) is 2.58. The fourth-order valence-corrected chi connectivity index (χ4v) is 4.02. The largest absolute Gasteiger partial charge is 0.480 e. The highest BCUT2D eigenvalue weighted by Gasteiger charge is 2.43. The fraction of sp³-hybridized carbons (Fsp3) is 0.294. The maximum absolute atomic E-state index is 13.4. The number of halogens is 4. The van der Waals surface area contributed by atoms with E-state index >= 15 is 0 Å². The number of alkyl halides is 3. The number of benzene rings is 1. The Labute approximate surface area is 158 Å². The Morgan fingerprint density at radius 2 is 1.82 bits per heavy atom. The van der Waals surface area contributed by atoms with Crippen molar-refractivity contribution in [1.29, 1.82) is 0 Å². The monoisotopic (exact) mass is 420 g/mol. The lowest BCUT2D eigenvalue weighted by molar-refractivity contribution is -0.162. The number of carbonyl (C=O) groups is 1. The predicted molar refractivity (Wildman–Crippen MR) is 91.5 cm³/mol. The summed E-state index contributed by atoms with van der Waals surface area (Å²) in [7, 11) is -4.07. The lowest BCUT2D eigenvalue weighted by Crippen LogP contribution is -2.48. The van der Waals surface area contributed by atoms with E-state index in [0.29, 0.717) is 0 Å². The third-order valence-corrected chi connectivity index (χ3v) is 5.34. The zero-order chi connectivity index (χ0) is 20.9. The number of hydrogen-bond acceptors (Lipinski definition) is 5. The Morgan fingerprint density at radius 1 is 1.18 bits per heavy atom. The van der Waals surface area contributed by atoms with Crippen LogP contribution in [0.5, 0.6) is 0 Å². The number of pyridine rings is 1. The highest BCUT2D eigenvalue weighted by Crippen LogP contribution is 2.33. The zero-order valence-electron chi connectivity index (χ0n) is 14.2. The van der Waals surface area contributed by atoms with Crippen molar-refractivity contribution in [3.05, 3.63) is 65.7 Å². The highest BCUT2D eigenvalue weighted by atomic mass is 32.2. The summed E-state index contributed by atoms with van der Waals surface area (Å²) in [5, 5.41) is 11.1. The molecule has 0 saturated carbocycles. The molecule has 0 amide bonds. The van der Waals surface area contributed by atoms with Crippen LogP contribution in [0, 0.1) is 5.82 Å². The van der Waals surface area contributed by atoms with Gasteiger partial charge >= 0.3 is 12.1 Å². The van der Waals surface area contributed by atoms with E-state index < -0.39 is 57.0 Å². The molecule has 6 nitrogen and oxygen atoms in total. The van der Waals surface area contributed by atoms with Crippen LogP contribution in [0.4, 0.5) is 17.6 Å². The summed E-state index contributed by atoms with van der Waals surface area (Å²) in [5.41, 5.74) is -0.164. The van der Waals surface area contributed by atoms with Crippen LogP contribution in [0.15, 0.2) is 48.8 Å². The highest BCUT2D eigenvalue weighted by molar-refractivity contribution is 7.90. The summed E-state index contributed by atoms with van der Waals surface area (Å²) < 4.78 is 77.7. The molecule has 2 N–H and O–H groups in total. The first-order chi connectivity index (χ1) is 13.0. The molecule has 0 spiro atoms. The zero-order valence-corrected chi connectivity index (χ0v) is 15.0. The quantitative estimate of drug-likeness (QED) is 0.637. The van der Waals surface area contributed by atoms with Gasteiger partial charge in [-0.2, -0.15) is 13.2 Å². The smallest absolute Gasteiger partial charge is 0.407 e. The Kier molecular flexibility index (Phi) is 6.73. The summed E-state index contributed by atoms with van der Waals surface area (Å²) in [6, 6.07) is 1.71. The van der Waals surface area contributed by atoms with E-state index in [4.69, 9.17) is 0 Å². The van der Waals surface area contributed by atoms with E-state index in [2.05, 4.69) is 4.98 Å².